The topological polar surface area (TPSA) is 94.4 Å². The van der Waals surface area contributed by atoms with Gasteiger partial charge in [0.25, 0.3) is 5.69 Å². The molecule has 0 fully saturated rings. The van der Waals surface area contributed by atoms with E-state index in [-0.39, 0.29) is 29.8 Å². The molecule has 1 atom stereocenters. The second-order valence-corrected chi connectivity index (χ2v) is 5.62. The van der Waals surface area contributed by atoms with Gasteiger partial charge in [-0.1, -0.05) is 24.3 Å². The molecule has 1 aromatic heterocycles. The van der Waals surface area contributed by atoms with Crippen molar-refractivity contribution in [2.24, 2.45) is 0 Å². The number of aryl methyl sites for hydroxylation is 1. The van der Waals surface area contributed by atoms with Crippen molar-refractivity contribution in [2.45, 2.75) is 25.9 Å². The van der Waals surface area contributed by atoms with Crippen LogP contribution in [0.5, 0.6) is 0 Å². The van der Waals surface area contributed by atoms with Gasteiger partial charge < -0.3 is 10.1 Å². The number of anilines is 1. The third-order valence-corrected chi connectivity index (χ3v) is 3.99. The Hall–Kier alpha value is -2.80. The van der Waals surface area contributed by atoms with E-state index in [4.69, 9.17) is 4.74 Å². The highest BCUT2D eigenvalue weighted by Crippen LogP contribution is 2.29. The molecule has 7 heteroatoms. The Morgan fingerprint density at radius 3 is 2.92 bits per heavy atom. The van der Waals surface area contributed by atoms with Gasteiger partial charge in [-0.2, -0.15) is 0 Å². The van der Waals surface area contributed by atoms with Crippen LogP contribution in [-0.2, 0) is 16.0 Å². The van der Waals surface area contributed by atoms with Crippen molar-refractivity contribution < 1.29 is 14.5 Å². The van der Waals surface area contributed by atoms with Crippen LogP contribution in [0.15, 0.2) is 36.4 Å². The average molecular weight is 327 g/mol. The van der Waals surface area contributed by atoms with E-state index >= 15 is 0 Å². The van der Waals surface area contributed by atoms with Crippen LogP contribution in [0.2, 0.25) is 0 Å². The first-order chi connectivity index (χ1) is 11.5. The highest BCUT2D eigenvalue weighted by Gasteiger charge is 2.23. The van der Waals surface area contributed by atoms with Gasteiger partial charge in [0.1, 0.15) is 11.5 Å². The predicted molar refractivity (Wildman–Crippen MR) is 87.7 cm³/mol. The molecule has 0 saturated heterocycles. The number of hydrogen-bond acceptors (Lipinski definition) is 5. The van der Waals surface area contributed by atoms with Crippen LogP contribution in [0.25, 0.3) is 0 Å². The number of fused-ring (bicyclic) bond motifs is 1. The molecule has 124 valence electrons. The van der Waals surface area contributed by atoms with E-state index in [1.165, 1.54) is 24.6 Å². The fourth-order valence-electron chi connectivity index (χ4n) is 2.82. The van der Waals surface area contributed by atoms with Gasteiger partial charge in [-0.25, -0.2) is 4.98 Å². The zero-order valence-electron chi connectivity index (χ0n) is 13.2. The lowest BCUT2D eigenvalue weighted by Gasteiger charge is -2.25. The molecule has 1 aliphatic rings. The fraction of sp³-hybridized carbons (Fsp3) is 0.294. The number of nitrogens with one attached hydrogen (secondary N) is 1. The molecule has 1 amide bonds. The number of amides is 1. The van der Waals surface area contributed by atoms with Crippen molar-refractivity contribution in [3.05, 3.63) is 63.3 Å². The zero-order chi connectivity index (χ0) is 17.1. The maximum atomic E-state index is 12.3. The number of nitrogens with zero attached hydrogens (tertiary/aromatic N) is 2. The summed E-state index contributed by atoms with van der Waals surface area (Å²) in [6, 6.07) is 10.7. The average Bonchev–Trinajstić information content (AvgIpc) is 2.55. The second kappa shape index (κ2) is 6.76. The first-order valence-corrected chi connectivity index (χ1v) is 7.66. The molecule has 2 heterocycles. The van der Waals surface area contributed by atoms with Crippen LogP contribution >= 0.6 is 0 Å². The minimum absolute atomic E-state index is 0.0717. The Kier molecular flexibility index (Phi) is 4.52. The molecule has 0 aliphatic carbocycles. The van der Waals surface area contributed by atoms with Gasteiger partial charge in [-0.15, -0.1) is 0 Å². The van der Waals surface area contributed by atoms with Gasteiger partial charge in [0.2, 0.25) is 5.91 Å². The number of rotatable bonds is 4. The Bertz CT molecular complexity index is 791. The molecule has 24 heavy (non-hydrogen) atoms. The van der Waals surface area contributed by atoms with Gasteiger partial charge in [-0.05, 0) is 30.5 Å². The predicted octanol–water partition coefficient (Wildman–Crippen LogP) is 2.94. The summed E-state index contributed by atoms with van der Waals surface area (Å²) >= 11 is 0. The quantitative estimate of drug-likeness (QED) is 0.688. The van der Waals surface area contributed by atoms with Gasteiger partial charge >= 0.3 is 0 Å². The summed E-state index contributed by atoms with van der Waals surface area (Å²) in [7, 11) is 0. The molecule has 0 unspecified atom stereocenters. The molecule has 2 aromatic rings. The molecule has 1 aliphatic heterocycles. The van der Waals surface area contributed by atoms with Crippen LogP contribution in [0, 0.1) is 17.0 Å². The molecule has 0 radical (unpaired) electrons. The summed E-state index contributed by atoms with van der Waals surface area (Å²) in [5, 5.41) is 13.5. The molecule has 7 nitrogen and oxygen atoms in total. The number of nitro groups is 1. The number of carbonyl (C=O) groups is 1. The molecule has 1 N–H and O–H groups in total. The van der Waals surface area contributed by atoms with Crippen LogP contribution < -0.4 is 5.32 Å². The minimum Gasteiger partial charge on any atom is -0.373 e. The van der Waals surface area contributed by atoms with E-state index in [1.807, 2.05) is 24.3 Å². The van der Waals surface area contributed by atoms with Crippen LogP contribution in [0.4, 0.5) is 11.5 Å². The van der Waals surface area contributed by atoms with Crippen molar-refractivity contribution in [1.82, 2.24) is 4.98 Å². The Morgan fingerprint density at radius 1 is 1.38 bits per heavy atom. The summed E-state index contributed by atoms with van der Waals surface area (Å²) in [4.78, 5) is 26.6. The molecule has 0 spiro atoms. The molecular formula is C17H17N3O4. The van der Waals surface area contributed by atoms with E-state index in [0.29, 0.717) is 12.4 Å². The summed E-state index contributed by atoms with van der Waals surface area (Å²) in [5.74, 6) is 0.0599. The van der Waals surface area contributed by atoms with Crippen molar-refractivity contribution in [3.63, 3.8) is 0 Å². The second-order valence-electron chi connectivity index (χ2n) is 5.62. The fourth-order valence-corrected chi connectivity index (χ4v) is 2.82. The number of hydrogen-bond donors (Lipinski definition) is 1. The van der Waals surface area contributed by atoms with E-state index in [9.17, 15) is 14.9 Å². The van der Waals surface area contributed by atoms with Crippen molar-refractivity contribution in [3.8, 4) is 0 Å². The van der Waals surface area contributed by atoms with Crippen LogP contribution in [0.3, 0.4) is 0 Å². The lowest BCUT2D eigenvalue weighted by atomic mass is 9.95. The standard InChI is InChI=1S/C17H17N3O4/c1-11-14(20(22)23)6-7-16(18-11)19-17(21)10-15-13-5-3-2-4-12(13)8-9-24-15/h2-7,15H,8-10H2,1H3,(H,18,19,21)/t15-/m0/s1. The number of benzene rings is 1. The lowest BCUT2D eigenvalue weighted by molar-refractivity contribution is -0.385. The molecule has 1 aromatic carbocycles. The van der Waals surface area contributed by atoms with E-state index in [1.54, 1.807) is 0 Å². The third-order valence-electron chi connectivity index (χ3n) is 3.99. The highest BCUT2D eigenvalue weighted by atomic mass is 16.6. The van der Waals surface area contributed by atoms with Crippen molar-refractivity contribution in [2.75, 3.05) is 11.9 Å². The summed E-state index contributed by atoms with van der Waals surface area (Å²) in [6.45, 7) is 2.12. The molecular weight excluding hydrogens is 310 g/mol. The van der Waals surface area contributed by atoms with E-state index in [0.717, 1.165) is 12.0 Å². The minimum atomic E-state index is -0.499. The van der Waals surface area contributed by atoms with Crippen LogP contribution in [0.1, 0.15) is 29.3 Å². The lowest BCUT2D eigenvalue weighted by Crippen LogP contribution is -2.22. The van der Waals surface area contributed by atoms with Gasteiger partial charge in [0.15, 0.2) is 0 Å². The third kappa shape index (κ3) is 3.41. The van der Waals surface area contributed by atoms with E-state index in [2.05, 4.69) is 10.3 Å². The number of ether oxygens (including phenoxy) is 1. The zero-order valence-corrected chi connectivity index (χ0v) is 13.2. The number of pyridine rings is 1. The Morgan fingerprint density at radius 2 is 2.17 bits per heavy atom. The largest absolute Gasteiger partial charge is 0.373 e. The van der Waals surface area contributed by atoms with Gasteiger partial charge in [0.05, 0.1) is 24.1 Å². The first-order valence-electron chi connectivity index (χ1n) is 7.66. The van der Waals surface area contributed by atoms with Gasteiger partial charge in [-0.3, -0.25) is 14.9 Å². The summed E-state index contributed by atoms with van der Waals surface area (Å²) in [5.41, 5.74) is 2.42. The Labute approximate surface area is 138 Å². The number of carbonyl (C=O) groups excluding carboxylic acids is 1. The summed E-state index contributed by atoms with van der Waals surface area (Å²) < 4.78 is 5.72. The molecule has 0 bridgehead atoms. The van der Waals surface area contributed by atoms with E-state index < -0.39 is 4.92 Å². The Balaban J connectivity index is 1.69. The number of aromatic nitrogens is 1. The monoisotopic (exact) mass is 327 g/mol. The smallest absolute Gasteiger partial charge is 0.290 e. The molecule has 3 rings (SSSR count). The summed E-state index contributed by atoms with van der Waals surface area (Å²) in [6.07, 6.45) is 0.737. The normalized spacial score (nSPS) is 16.3. The van der Waals surface area contributed by atoms with Crippen molar-refractivity contribution in [1.29, 1.82) is 0 Å². The first kappa shape index (κ1) is 16.1. The maximum absolute atomic E-state index is 12.3. The van der Waals surface area contributed by atoms with Crippen molar-refractivity contribution >= 4 is 17.4 Å². The highest BCUT2D eigenvalue weighted by molar-refractivity contribution is 5.90. The van der Waals surface area contributed by atoms with Gasteiger partial charge in [0, 0.05) is 6.07 Å². The SMILES string of the molecule is Cc1nc(NC(=O)C[C@@H]2OCCc3ccccc32)ccc1[N+](=O)[O-]. The molecule has 0 saturated carbocycles. The van der Waals surface area contributed by atoms with Crippen LogP contribution in [-0.4, -0.2) is 22.4 Å². The maximum Gasteiger partial charge on any atom is 0.290 e.